The van der Waals surface area contributed by atoms with Crippen molar-refractivity contribution < 1.29 is 33.0 Å². The van der Waals surface area contributed by atoms with Crippen LogP contribution in [0.3, 0.4) is 0 Å². The van der Waals surface area contributed by atoms with E-state index >= 15 is 0 Å². The van der Waals surface area contributed by atoms with Gasteiger partial charge in [0.05, 0.1) is 0 Å². The highest BCUT2D eigenvalue weighted by Crippen LogP contribution is 2.35. The van der Waals surface area contributed by atoms with Crippen molar-refractivity contribution in [3.63, 3.8) is 0 Å². The molecule has 1 aliphatic carbocycles. The quantitative estimate of drug-likeness (QED) is 0.512. The van der Waals surface area contributed by atoms with Crippen LogP contribution in [-0.2, 0) is 19.6 Å². The summed E-state index contributed by atoms with van der Waals surface area (Å²) in [6, 6.07) is 6.89. The van der Waals surface area contributed by atoms with Gasteiger partial charge in [0.15, 0.2) is 0 Å². The van der Waals surface area contributed by atoms with Gasteiger partial charge < -0.3 is 20.3 Å². The van der Waals surface area contributed by atoms with E-state index in [1.165, 1.54) is 18.2 Å². The number of carbonyl (C=O) groups excluding carboxylic acids is 1. The third kappa shape index (κ3) is 4.71. The molecule has 1 saturated carbocycles. The van der Waals surface area contributed by atoms with Gasteiger partial charge in [-0.05, 0) is 62.1 Å². The van der Waals surface area contributed by atoms with E-state index in [0.717, 1.165) is 19.3 Å². The van der Waals surface area contributed by atoms with Crippen LogP contribution in [0.1, 0.15) is 30.4 Å². The fourth-order valence-electron chi connectivity index (χ4n) is 3.07. The third-order valence-corrected chi connectivity index (χ3v) is 6.33. The van der Waals surface area contributed by atoms with E-state index in [1.807, 2.05) is 0 Å². The Morgan fingerprint density at radius 2 is 1.73 bits per heavy atom. The summed E-state index contributed by atoms with van der Waals surface area (Å²) in [5, 5.41) is 21.0. The number of rotatable bonds is 6. The van der Waals surface area contributed by atoms with E-state index in [9.17, 15) is 23.1 Å². The smallest absolute Gasteiger partial charge is 0.394 e. The number of aliphatic carboxylic acids is 1. The zero-order chi connectivity index (χ0) is 22.1. The first-order chi connectivity index (χ1) is 14.1. The largest absolute Gasteiger partial charge is 0.507 e. The highest BCUT2D eigenvalue weighted by atomic mass is 32.2. The fraction of sp³-hybridized carbons (Fsp3) is 0.300. The lowest BCUT2D eigenvalue weighted by atomic mass is 9.94. The standard InChI is InChI=1S/C20H22N2O7S/c1-11-8-14(21-19(24)20(25)26)9-12(2)18(11)29-15-6-7-16(23)17(10-15)30(27,28)22-13-4-3-5-13/h6-10,13,22-23H,3-5H2,1-2H3,(H,21,24)(H,25,26). The van der Waals surface area contributed by atoms with Crippen LogP contribution in [-0.4, -0.2) is 36.5 Å². The maximum atomic E-state index is 12.6. The van der Waals surface area contributed by atoms with Crippen LogP contribution in [0.25, 0.3) is 0 Å². The number of hydrogen-bond acceptors (Lipinski definition) is 6. The van der Waals surface area contributed by atoms with Gasteiger partial charge in [-0.3, -0.25) is 4.79 Å². The normalized spacial score (nSPS) is 14.1. The summed E-state index contributed by atoms with van der Waals surface area (Å²) in [4.78, 5) is 21.8. The molecule has 0 saturated heterocycles. The molecule has 1 amide bonds. The molecule has 1 fully saturated rings. The van der Waals surface area contributed by atoms with Gasteiger partial charge in [0.25, 0.3) is 0 Å². The summed E-state index contributed by atoms with van der Waals surface area (Å²) in [6.45, 7) is 3.41. The number of carboxylic acids is 1. The number of phenols is 1. The van der Waals surface area contributed by atoms with Crippen molar-refractivity contribution in [3.8, 4) is 17.2 Å². The number of ether oxygens (including phenoxy) is 1. The Balaban J connectivity index is 1.86. The van der Waals surface area contributed by atoms with Crippen LogP contribution in [0.2, 0.25) is 0 Å². The highest BCUT2D eigenvalue weighted by Gasteiger charge is 2.27. The zero-order valence-corrected chi connectivity index (χ0v) is 17.2. The molecule has 0 radical (unpaired) electrons. The second kappa shape index (κ2) is 8.33. The third-order valence-electron chi connectivity index (χ3n) is 4.78. The van der Waals surface area contributed by atoms with Crippen LogP contribution in [0.4, 0.5) is 5.69 Å². The van der Waals surface area contributed by atoms with Gasteiger partial charge in [-0.25, -0.2) is 17.9 Å². The number of amides is 1. The molecule has 0 unspecified atom stereocenters. The van der Waals surface area contributed by atoms with Gasteiger partial charge in [-0.15, -0.1) is 0 Å². The minimum atomic E-state index is -3.90. The van der Waals surface area contributed by atoms with Gasteiger partial charge in [-0.1, -0.05) is 6.42 Å². The molecular weight excluding hydrogens is 412 g/mol. The number of nitrogens with one attached hydrogen (secondary N) is 2. The minimum Gasteiger partial charge on any atom is -0.507 e. The molecule has 0 atom stereocenters. The average molecular weight is 434 g/mol. The van der Waals surface area contributed by atoms with Crippen LogP contribution in [0.15, 0.2) is 35.2 Å². The van der Waals surface area contributed by atoms with Gasteiger partial charge in [0.1, 0.15) is 22.1 Å². The first kappa shape index (κ1) is 21.6. The molecule has 160 valence electrons. The van der Waals surface area contributed by atoms with Crippen molar-refractivity contribution in [2.45, 2.75) is 44.0 Å². The Morgan fingerprint density at radius 3 is 2.27 bits per heavy atom. The highest BCUT2D eigenvalue weighted by molar-refractivity contribution is 7.89. The van der Waals surface area contributed by atoms with Crippen molar-refractivity contribution in [1.29, 1.82) is 0 Å². The summed E-state index contributed by atoms with van der Waals surface area (Å²) in [7, 11) is -3.90. The van der Waals surface area contributed by atoms with Gasteiger partial charge in [0, 0.05) is 17.8 Å². The summed E-state index contributed by atoms with van der Waals surface area (Å²) in [5.41, 5.74) is 1.49. The number of anilines is 1. The molecule has 4 N–H and O–H groups in total. The lowest BCUT2D eigenvalue weighted by Crippen LogP contribution is -2.39. The molecule has 9 nitrogen and oxygen atoms in total. The number of aryl methyl sites for hydroxylation is 2. The Bertz CT molecular complexity index is 1090. The van der Waals surface area contributed by atoms with Crippen LogP contribution in [0.5, 0.6) is 17.2 Å². The van der Waals surface area contributed by atoms with Crippen molar-refractivity contribution >= 4 is 27.6 Å². The zero-order valence-electron chi connectivity index (χ0n) is 16.4. The predicted molar refractivity (Wildman–Crippen MR) is 108 cm³/mol. The summed E-state index contributed by atoms with van der Waals surface area (Å²) in [5.74, 6) is -2.51. The maximum absolute atomic E-state index is 12.6. The number of phenolic OH excluding ortho intramolecular Hbond substituents is 1. The Kier molecular flexibility index (Phi) is 5.99. The summed E-state index contributed by atoms with van der Waals surface area (Å²) < 4.78 is 33.6. The van der Waals surface area contributed by atoms with E-state index in [1.54, 1.807) is 26.0 Å². The van der Waals surface area contributed by atoms with Crippen molar-refractivity contribution in [3.05, 3.63) is 41.5 Å². The Hall–Kier alpha value is -3.11. The van der Waals surface area contributed by atoms with E-state index in [-0.39, 0.29) is 22.4 Å². The van der Waals surface area contributed by atoms with Crippen molar-refractivity contribution in [1.82, 2.24) is 4.72 Å². The van der Waals surface area contributed by atoms with E-state index in [2.05, 4.69) is 10.0 Å². The van der Waals surface area contributed by atoms with Crippen LogP contribution < -0.4 is 14.8 Å². The Labute approximate surface area is 173 Å². The molecule has 0 aliphatic heterocycles. The fourth-order valence-corrected chi connectivity index (χ4v) is 4.48. The van der Waals surface area contributed by atoms with E-state index in [4.69, 9.17) is 9.84 Å². The number of sulfonamides is 1. The number of hydrogen-bond donors (Lipinski definition) is 4. The van der Waals surface area contributed by atoms with E-state index < -0.39 is 21.9 Å². The summed E-state index contributed by atoms with van der Waals surface area (Å²) >= 11 is 0. The first-order valence-electron chi connectivity index (χ1n) is 9.25. The topological polar surface area (TPSA) is 142 Å². The van der Waals surface area contributed by atoms with Crippen molar-refractivity contribution in [2.75, 3.05) is 5.32 Å². The maximum Gasteiger partial charge on any atom is 0.394 e. The molecule has 10 heteroatoms. The average Bonchev–Trinajstić information content (AvgIpc) is 2.62. The summed E-state index contributed by atoms with van der Waals surface area (Å²) in [6.07, 6.45) is 2.49. The lowest BCUT2D eigenvalue weighted by molar-refractivity contribution is -0.147. The molecule has 0 aromatic heterocycles. The van der Waals surface area contributed by atoms with Gasteiger partial charge >= 0.3 is 11.9 Å². The second-order valence-electron chi connectivity index (χ2n) is 7.18. The molecule has 0 bridgehead atoms. The molecular formula is C20H22N2O7S. The monoisotopic (exact) mass is 434 g/mol. The van der Waals surface area contributed by atoms with Gasteiger partial charge in [-0.2, -0.15) is 0 Å². The molecule has 0 spiro atoms. The Morgan fingerprint density at radius 1 is 1.10 bits per heavy atom. The number of aromatic hydroxyl groups is 1. The van der Waals surface area contributed by atoms with Crippen molar-refractivity contribution in [2.24, 2.45) is 0 Å². The predicted octanol–water partition coefficient (Wildman–Crippen LogP) is 2.66. The molecule has 2 aromatic carbocycles. The minimum absolute atomic E-state index is 0.128. The second-order valence-corrected chi connectivity index (χ2v) is 8.86. The number of benzene rings is 2. The molecule has 30 heavy (non-hydrogen) atoms. The lowest BCUT2D eigenvalue weighted by Gasteiger charge is -2.26. The van der Waals surface area contributed by atoms with Gasteiger partial charge in [0.2, 0.25) is 10.0 Å². The molecule has 0 heterocycles. The molecule has 3 rings (SSSR count). The number of carbonyl (C=O) groups is 2. The number of carboxylic acid groups (broad SMARTS) is 1. The first-order valence-corrected chi connectivity index (χ1v) is 10.7. The molecule has 2 aromatic rings. The van der Waals surface area contributed by atoms with Crippen LogP contribution in [0, 0.1) is 13.8 Å². The van der Waals surface area contributed by atoms with E-state index in [0.29, 0.717) is 22.6 Å². The SMILES string of the molecule is Cc1cc(NC(=O)C(=O)O)cc(C)c1Oc1ccc(O)c(S(=O)(=O)NC2CCC2)c1. The van der Waals surface area contributed by atoms with Crippen LogP contribution >= 0.6 is 0 Å². The molecule has 1 aliphatic rings.